The first-order chi connectivity index (χ1) is 34.6. The second-order valence-electron chi connectivity index (χ2n) is 19.3. The van der Waals surface area contributed by atoms with Gasteiger partial charge in [-0.15, -0.1) is 11.3 Å². The third-order valence-corrected chi connectivity index (χ3v) is 14.8. The number of amides is 3. The molecule has 0 aliphatic carbocycles. The Bertz CT molecular complexity index is 2740. The van der Waals surface area contributed by atoms with Crippen molar-refractivity contribution < 1.29 is 33.7 Å². The number of hydrogen-bond donors (Lipinski definition) is 4. The van der Waals surface area contributed by atoms with E-state index in [1.165, 1.54) is 18.2 Å². The molecule has 0 bridgehead atoms. The largest absolute Gasteiger partial charge is 0.495 e. The molecule has 2 aromatic heterocycles. The number of methoxy groups -OCH3 is 2. The number of rotatable bonds is 21. The zero-order valence-corrected chi connectivity index (χ0v) is 44.2. The van der Waals surface area contributed by atoms with Crippen molar-refractivity contribution in [3.63, 3.8) is 0 Å². The molecule has 384 valence electrons. The van der Waals surface area contributed by atoms with E-state index < -0.39 is 23.6 Å². The van der Waals surface area contributed by atoms with Crippen LogP contribution >= 0.6 is 34.5 Å². The number of benzene rings is 3. The number of pyridine rings is 1. The van der Waals surface area contributed by atoms with Crippen LogP contribution in [0.2, 0.25) is 10.0 Å². The maximum atomic E-state index is 14.1. The van der Waals surface area contributed by atoms with E-state index in [1.54, 1.807) is 42.7 Å². The molecule has 3 atom stereocenters. The van der Waals surface area contributed by atoms with Crippen LogP contribution in [0.5, 0.6) is 17.2 Å². The van der Waals surface area contributed by atoms with E-state index in [4.69, 9.17) is 37.4 Å². The van der Waals surface area contributed by atoms with Gasteiger partial charge in [-0.05, 0) is 61.4 Å². The Labute approximate surface area is 435 Å². The Kier molecular flexibility index (Phi) is 18.6. The summed E-state index contributed by atoms with van der Waals surface area (Å²) >= 11 is 14.3. The van der Waals surface area contributed by atoms with Crippen LogP contribution in [0, 0.1) is 23.7 Å². The number of hydrogen-bond acceptors (Lipinski definition) is 14. The highest BCUT2D eigenvalue weighted by Gasteiger charge is 2.43. The summed E-state index contributed by atoms with van der Waals surface area (Å²) < 4.78 is 17.3. The van der Waals surface area contributed by atoms with Crippen molar-refractivity contribution in [1.82, 2.24) is 35.3 Å². The van der Waals surface area contributed by atoms with Crippen molar-refractivity contribution in [3.05, 3.63) is 87.1 Å². The minimum atomic E-state index is -0.783. The molecule has 72 heavy (non-hydrogen) atoms. The van der Waals surface area contributed by atoms with Crippen molar-refractivity contribution in [1.29, 1.82) is 5.26 Å². The van der Waals surface area contributed by atoms with E-state index in [0.717, 1.165) is 67.0 Å². The summed E-state index contributed by atoms with van der Waals surface area (Å²) in [4.78, 5) is 56.6. The van der Waals surface area contributed by atoms with E-state index in [2.05, 4.69) is 36.9 Å². The van der Waals surface area contributed by atoms with Gasteiger partial charge in [0.1, 0.15) is 17.9 Å². The first kappa shape index (κ1) is 54.0. The lowest BCUT2D eigenvalue weighted by molar-refractivity contribution is -0.142. The maximum Gasteiger partial charge on any atom is 0.243 e. The van der Waals surface area contributed by atoms with Crippen molar-refractivity contribution in [2.45, 2.75) is 91.0 Å². The number of piperazine rings is 1. The number of anilines is 2. The molecule has 4 N–H and O–H groups in total. The summed E-state index contributed by atoms with van der Waals surface area (Å²) in [6.07, 6.45) is 4.49. The van der Waals surface area contributed by atoms with Gasteiger partial charge in [-0.3, -0.25) is 24.3 Å². The third kappa shape index (κ3) is 13.5. The molecule has 0 saturated carbocycles. The first-order valence-corrected chi connectivity index (χ1v) is 26.0. The molecule has 4 heterocycles. The number of unbranched alkanes of at least 4 members (excludes halogenated alkanes) is 2. The van der Waals surface area contributed by atoms with Crippen LogP contribution in [0.3, 0.4) is 0 Å². The SMILES string of the molecule is COc1cc(Nc2c(C#N)cnc3cc(OCCCN4CCN(C(=O)CCCCCN[C@H](C(=O)N5CC(O)CC5C(=O)NCc5ccc(-c6scnc6C)cc5)C(C)(C)C)CC4)c(OC)cc23)c(Cl)cc1Cl. The number of aliphatic hydroxyl groups is 1. The normalized spacial score (nSPS) is 16.6. The van der Waals surface area contributed by atoms with Crippen LogP contribution in [0.1, 0.15) is 76.1 Å². The average Bonchev–Trinajstić information content (AvgIpc) is 3.99. The fraction of sp³-hybridized carbons (Fsp3) is 0.472. The third-order valence-electron chi connectivity index (χ3n) is 13.2. The second kappa shape index (κ2) is 24.8. The van der Waals surface area contributed by atoms with E-state index in [9.17, 15) is 24.8 Å². The summed E-state index contributed by atoms with van der Waals surface area (Å²) in [6.45, 7) is 13.1. The van der Waals surface area contributed by atoms with E-state index in [0.29, 0.717) is 94.3 Å². The standard InChI is InChI=1S/C53H65Cl2N9O7S/c1-33-49(72-32-60-33)35-14-12-34(13-15-35)29-59-51(67)43-23-37(65)31-64(43)52(68)50(53(2,3)4)57-16-9-7-8-11-47(66)63-20-18-62(19-21-63)17-10-22-71-46-26-41-38(24-45(46)70-6)48(36(28-56)30-58-41)61-42-27-44(69-5)40(55)25-39(42)54/h12-15,24-27,30,32,37,43,50,57,65H,7-11,16-23,29,31H2,1-6H3,(H,58,61)(H,59,67)/t37?,43?,50-/m1/s1. The first-order valence-electron chi connectivity index (χ1n) is 24.4. The summed E-state index contributed by atoms with van der Waals surface area (Å²) in [5.74, 6) is 1.12. The van der Waals surface area contributed by atoms with Crippen LogP contribution in [0.25, 0.3) is 21.3 Å². The van der Waals surface area contributed by atoms with Crippen LogP contribution < -0.4 is 30.2 Å². The maximum absolute atomic E-state index is 14.1. The molecule has 19 heteroatoms. The predicted octanol–water partition coefficient (Wildman–Crippen LogP) is 8.36. The van der Waals surface area contributed by atoms with Crippen LogP contribution in [-0.4, -0.2) is 132 Å². The molecule has 2 fully saturated rings. The molecule has 0 radical (unpaired) electrons. The van der Waals surface area contributed by atoms with Gasteiger partial charge in [-0.2, -0.15) is 5.26 Å². The van der Waals surface area contributed by atoms with Gasteiger partial charge in [-0.1, -0.05) is 74.7 Å². The monoisotopic (exact) mass is 1040 g/mol. The average molecular weight is 1040 g/mol. The zero-order valence-electron chi connectivity index (χ0n) is 41.9. The number of carbonyl (C=O) groups is 3. The number of likely N-dealkylation sites (tertiary alicyclic amines) is 1. The molecule has 2 aliphatic rings. The highest BCUT2D eigenvalue weighted by molar-refractivity contribution is 7.13. The van der Waals surface area contributed by atoms with E-state index in [1.807, 2.05) is 62.4 Å². The number of nitrogens with zero attached hydrogens (tertiary/aromatic N) is 6. The number of nitrogens with one attached hydrogen (secondary N) is 3. The van der Waals surface area contributed by atoms with Crippen molar-refractivity contribution in [2.24, 2.45) is 5.41 Å². The smallest absolute Gasteiger partial charge is 0.243 e. The summed E-state index contributed by atoms with van der Waals surface area (Å²) in [7, 11) is 3.07. The quantitative estimate of drug-likeness (QED) is 0.0513. The number of aromatic nitrogens is 2. The Morgan fingerprint density at radius 1 is 0.944 bits per heavy atom. The molecule has 0 spiro atoms. The fourth-order valence-electron chi connectivity index (χ4n) is 9.18. The van der Waals surface area contributed by atoms with Crippen molar-refractivity contribution in [3.8, 4) is 33.8 Å². The van der Waals surface area contributed by atoms with Gasteiger partial charge < -0.3 is 45.1 Å². The van der Waals surface area contributed by atoms with Gasteiger partial charge in [0, 0.05) is 82.4 Å². The number of fused-ring (bicyclic) bond motifs is 1. The topological polar surface area (TPSA) is 195 Å². The van der Waals surface area contributed by atoms with E-state index >= 15 is 0 Å². The van der Waals surface area contributed by atoms with Crippen LogP contribution in [0.15, 0.2) is 60.2 Å². The number of β-amino-alcohol motifs (C(OH)–C–C–N with tert-alkyl or cyclic N) is 1. The highest BCUT2D eigenvalue weighted by atomic mass is 35.5. The number of aryl methyl sites for hydroxylation is 1. The predicted molar refractivity (Wildman–Crippen MR) is 282 cm³/mol. The lowest BCUT2D eigenvalue weighted by Crippen LogP contribution is -2.56. The Balaban J connectivity index is 0.807. The number of aliphatic hydroxyl groups excluding tert-OH is 1. The summed E-state index contributed by atoms with van der Waals surface area (Å²) in [5.41, 5.74) is 6.29. The molecule has 5 aromatic rings. The molecule has 3 aromatic carbocycles. The molecule has 2 aliphatic heterocycles. The highest BCUT2D eigenvalue weighted by Crippen LogP contribution is 2.41. The molecular formula is C53H65Cl2N9O7S. The number of nitriles is 1. The van der Waals surface area contributed by atoms with Gasteiger partial charge in [0.15, 0.2) is 11.5 Å². The van der Waals surface area contributed by atoms with Crippen LogP contribution in [0.4, 0.5) is 11.4 Å². The Morgan fingerprint density at radius 2 is 1.69 bits per heavy atom. The van der Waals surface area contributed by atoms with Crippen molar-refractivity contribution in [2.75, 3.05) is 72.0 Å². The molecule has 3 amide bonds. The Morgan fingerprint density at radius 3 is 2.38 bits per heavy atom. The minimum absolute atomic E-state index is 0.104. The molecule has 2 saturated heterocycles. The van der Waals surface area contributed by atoms with Crippen LogP contribution in [-0.2, 0) is 20.9 Å². The van der Waals surface area contributed by atoms with Gasteiger partial charge in [-0.25, -0.2) is 4.98 Å². The van der Waals surface area contributed by atoms with E-state index in [-0.39, 0.29) is 30.7 Å². The minimum Gasteiger partial charge on any atom is -0.495 e. The lowest BCUT2D eigenvalue weighted by Gasteiger charge is -2.35. The number of thiazole rings is 1. The lowest BCUT2D eigenvalue weighted by atomic mass is 9.85. The number of halogens is 2. The molecule has 2 unspecified atom stereocenters. The second-order valence-corrected chi connectivity index (χ2v) is 21.0. The van der Waals surface area contributed by atoms with Gasteiger partial charge in [0.05, 0.1) is 81.6 Å². The van der Waals surface area contributed by atoms with Crippen molar-refractivity contribution >= 4 is 74.5 Å². The molecule has 7 rings (SSSR count). The summed E-state index contributed by atoms with van der Waals surface area (Å²) in [6, 6.07) is 15.7. The molecule has 16 nitrogen and oxygen atoms in total. The molecular weight excluding hydrogens is 978 g/mol. The Hall–Kier alpha value is -5.74. The number of ether oxygens (including phenoxy) is 3. The zero-order chi connectivity index (χ0) is 51.5. The number of carbonyl (C=O) groups excluding carboxylic acids is 3. The van der Waals surface area contributed by atoms with Gasteiger partial charge in [0.25, 0.3) is 0 Å². The fourth-order valence-corrected chi connectivity index (χ4v) is 10.5. The van der Waals surface area contributed by atoms with Gasteiger partial charge in [0.2, 0.25) is 17.7 Å². The summed E-state index contributed by atoms with van der Waals surface area (Å²) in [5, 5.41) is 31.6. The van der Waals surface area contributed by atoms with Gasteiger partial charge >= 0.3 is 0 Å².